The number of nitrogens with one attached hydrogen (secondary N) is 1. The first kappa shape index (κ1) is 20.5. The Morgan fingerprint density at radius 3 is 2.20 bits per heavy atom. The van der Waals surface area contributed by atoms with Gasteiger partial charge in [0.25, 0.3) is 0 Å². The number of benzene rings is 3. The number of hydrogen-bond acceptors (Lipinski definition) is 3. The smallest absolute Gasteiger partial charge is 0.151 e. The summed E-state index contributed by atoms with van der Waals surface area (Å²) in [5.41, 5.74) is 4.90. The molecule has 1 unspecified atom stereocenters. The monoisotopic (exact) mass is 439 g/mol. The third-order valence-corrected chi connectivity index (χ3v) is 6.30. The summed E-state index contributed by atoms with van der Waals surface area (Å²) < 4.78 is 29.1. The summed E-state index contributed by atoms with van der Waals surface area (Å²) in [4.78, 5) is 3.32. The molecule has 1 heterocycles. The molecule has 1 aromatic heterocycles. The second-order valence-electron chi connectivity index (χ2n) is 7.41. The van der Waals surface area contributed by atoms with Crippen LogP contribution in [0.2, 0.25) is 5.02 Å². The normalized spacial score (nSPS) is 12.8. The lowest BCUT2D eigenvalue weighted by Crippen LogP contribution is -2.03. The molecular weight excluding hydrogens is 418 g/mol. The number of rotatable bonds is 6. The molecule has 6 heteroatoms. The maximum Gasteiger partial charge on any atom is 0.151 e. The molecule has 0 amide bonds. The number of fused-ring (bicyclic) bond motifs is 1. The highest BCUT2D eigenvalue weighted by Gasteiger charge is 2.22. The van der Waals surface area contributed by atoms with Gasteiger partial charge in [-0.15, -0.1) is 0 Å². The van der Waals surface area contributed by atoms with Crippen LogP contribution in [0.15, 0.2) is 72.9 Å². The van der Waals surface area contributed by atoms with Crippen LogP contribution in [0.5, 0.6) is 5.75 Å². The molecule has 154 valence electrons. The molecule has 0 bridgehead atoms. The topological polar surface area (TPSA) is 59.2 Å². The van der Waals surface area contributed by atoms with Crippen LogP contribution in [0.25, 0.3) is 10.9 Å². The van der Waals surface area contributed by atoms with Crippen molar-refractivity contribution in [1.29, 1.82) is 0 Å². The quantitative estimate of drug-likeness (QED) is 0.428. The first-order chi connectivity index (χ1) is 14.4. The molecule has 0 aliphatic rings. The molecule has 0 radical (unpaired) electrons. The van der Waals surface area contributed by atoms with Crippen LogP contribution in [0, 0.1) is 0 Å². The van der Waals surface area contributed by atoms with E-state index in [9.17, 15) is 8.42 Å². The molecule has 4 aromatic rings. The van der Waals surface area contributed by atoms with Crippen LogP contribution in [-0.2, 0) is 15.6 Å². The van der Waals surface area contributed by atoms with Crippen molar-refractivity contribution in [3.05, 3.63) is 100 Å². The lowest BCUT2D eigenvalue weighted by Gasteiger charge is -2.19. The van der Waals surface area contributed by atoms with E-state index < -0.39 is 9.84 Å². The van der Waals surface area contributed by atoms with Gasteiger partial charge >= 0.3 is 0 Å². The van der Waals surface area contributed by atoms with Gasteiger partial charge in [-0.1, -0.05) is 54.1 Å². The van der Waals surface area contributed by atoms with Crippen molar-refractivity contribution in [3.8, 4) is 5.75 Å². The van der Waals surface area contributed by atoms with E-state index in [0.29, 0.717) is 5.02 Å². The van der Waals surface area contributed by atoms with E-state index in [4.69, 9.17) is 16.3 Å². The molecule has 0 aliphatic carbocycles. The zero-order valence-electron chi connectivity index (χ0n) is 16.7. The van der Waals surface area contributed by atoms with Gasteiger partial charge in [-0.05, 0) is 46.5 Å². The largest absolute Gasteiger partial charge is 0.497 e. The van der Waals surface area contributed by atoms with E-state index in [0.717, 1.165) is 38.9 Å². The van der Waals surface area contributed by atoms with E-state index in [2.05, 4.69) is 17.1 Å². The van der Waals surface area contributed by atoms with Crippen LogP contribution in [-0.4, -0.2) is 26.8 Å². The summed E-state index contributed by atoms with van der Waals surface area (Å²) in [6.07, 6.45) is 3.23. The van der Waals surface area contributed by atoms with Crippen molar-refractivity contribution in [2.24, 2.45) is 0 Å². The molecule has 4 nitrogen and oxygen atoms in total. The predicted octanol–water partition coefficient (Wildman–Crippen LogP) is 5.55. The van der Waals surface area contributed by atoms with E-state index >= 15 is 0 Å². The molecular formula is C24H22ClNO3S. The fourth-order valence-corrected chi connectivity index (χ4v) is 4.82. The minimum Gasteiger partial charge on any atom is -0.497 e. The summed E-state index contributed by atoms with van der Waals surface area (Å²) in [6, 6.07) is 21.6. The van der Waals surface area contributed by atoms with Crippen molar-refractivity contribution in [2.75, 3.05) is 13.4 Å². The summed E-state index contributed by atoms with van der Waals surface area (Å²) in [6.45, 7) is 0. The maximum atomic E-state index is 11.9. The highest BCUT2D eigenvalue weighted by molar-refractivity contribution is 7.89. The molecule has 4 rings (SSSR count). The van der Waals surface area contributed by atoms with Gasteiger partial charge in [0, 0.05) is 34.3 Å². The predicted molar refractivity (Wildman–Crippen MR) is 122 cm³/mol. The summed E-state index contributed by atoms with van der Waals surface area (Å²) in [5.74, 6) is 0.747. The second kappa shape index (κ2) is 8.17. The average Bonchev–Trinajstić information content (AvgIpc) is 3.14. The molecule has 0 saturated carbocycles. The first-order valence-electron chi connectivity index (χ1n) is 9.52. The minimum atomic E-state index is -3.14. The lowest BCUT2D eigenvalue weighted by molar-refractivity contribution is 0.414. The van der Waals surface area contributed by atoms with E-state index in [-0.39, 0.29) is 11.7 Å². The van der Waals surface area contributed by atoms with Gasteiger partial charge in [0.15, 0.2) is 9.84 Å². The molecule has 0 aliphatic heterocycles. The van der Waals surface area contributed by atoms with Crippen molar-refractivity contribution in [1.82, 2.24) is 4.98 Å². The third kappa shape index (κ3) is 4.23. The van der Waals surface area contributed by atoms with Crippen LogP contribution < -0.4 is 4.74 Å². The molecule has 3 aromatic carbocycles. The Kier molecular flexibility index (Phi) is 5.58. The van der Waals surface area contributed by atoms with Crippen molar-refractivity contribution < 1.29 is 13.2 Å². The number of para-hydroxylation sites is 1. The molecule has 0 spiro atoms. The second-order valence-corrected chi connectivity index (χ2v) is 9.99. The van der Waals surface area contributed by atoms with Gasteiger partial charge in [-0.2, -0.15) is 0 Å². The van der Waals surface area contributed by atoms with Crippen LogP contribution >= 0.6 is 11.6 Å². The van der Waals surface area contributed by atoms with Gasteiger partial charge in [-0.25, -0.2) is 8.42 Å². The Morgan fingerprint density at radius 2 is 1.60 bits per heavy atom. The molecule has 1 atom stereocenters. The van der Waals surface area contributed by atoms with E-state index in [1.807, 2.05) is 60.8 Å². The van der Waals surface area contributed by atoms with Crippen LogP contribution in [0.3, 0.4) is 0 Å². The van der Waals surface area contributed by atoms with Gasteiger partial charge < -0.3 is 9.72 Å². The fourth-order valence-electron chi connectivity index (χ4n) is 3.88. The van der Waals surface area contributed by atoms with Gasteiger partial charge in [-0.3, -0.25) is 0 Å². The number of aromatic nitrogens is 1. The lowest BCUT2D eigenvalue weighted by atomic mass is 9.85. The van der Waals surface area contributed by atoms with Gasteiger partial charge in [0.2, 0.25) is 0 Å². The maximum absolute atomic E-state index is 11.9. The Labute approximate surface area is 181 Å². The number of aromatic amines is 1. The number of methoxy groups -OCH3 is 1. The van der Waals surface area contributed by atoms with E-state index in [1.54, 1.807) is 7.11 Å². The van der Waals surface area contributed by atoms with Crippen LogP contribution in [0.4, 0.5) is 0 Å². The third-order valence-electron chi connectivity index (χ3n) is 5.21. The number of hydrogen-bond donors (Lipinski definition) is 1. The minimum absolute atomic E-state index is 0.00155. The molecule has 30 heavy (non-hydrogen) atoms. The Hall–Kier alpha value is -2.76. The molecule has 0 saturated heterocycles. The SMILES string of the molecule is COc1ccc(C(c2ccc(Cl)cc2)c2c[nH]c3c(CS(C)(=O)=O)cccc23)cc1. The number of halogens is 1. The first-order valence-corrected chi connectivity index (χ1v) is 12.0. The van der Waals surface area contributed by atoms with Gasteiger partial charge in [0.05, 0.1) is 12.9 Å². The highest BCUT2D eigenvalue weighted by Crippen LogP contribution is 2.38. The Morgan fingerprint density at radius 1 is 0.967 bits per heavy atom. The summed E-state index contributed by atoms with van der Waals surface area (Å²) in [5, 5.41) is 1.69. The number of sulfone groups is 1. The zero-order chi connectivity index (χ0) is 21.3. The number of ether oxygens (including phenoxy) is 1. The van der Waals surface area contributed by atoms with Crippen molar-refractivity contribution in [2.45, 2.75) is 11.7 Å². The molecule has 1 N–H and O–H groups in total. The summed E-state index contributed by atoms with van der Waals surface area (Å²) >= 11 is 6.12. The highest BCUT2D eigenvalue weighted by atomic mass is 35.5. The Bertz CT molecular complexity index is 1280. The zero-order valence-corrected chi connectivity index (χ0v) is 18.3. The van der Waals surface area contributed by atoms with Crippen molar-refractivity contribution in [3.63, 3.8) is 0 Å². The average molecular weight is 440 g/mol. The van der Waals surface area contributed by atoms with Crippen LogP contribution in [0.1, 0.15) is 28.2 Å². The Balaban J connectivity index is 1.89. The standard InChI is InChI=1S/C24H22ClNO3S/c1-29-20-12-8-17(9-13-20)23(16-6-10-19(25)11-7-16)22-14-26-24-18(15-30(2,27)28)4-3-5-21(22)24/h3-14,23,26H,15H2,1-2H3. The molecule has 0 fully saturated rings. The number of H-pyrrole nitrogens is 1. The van der Waals surface area contributed by atoms with Gasteiger partial charge in [0.1, 0.15) is 5.75 Å². The van der Waals surface area contributed by atoms with E-state index in [1.165, 1.54) is 6.26 Å². The fraction of sp³-hybridized carbons (Fsp3) is 0.167. The van der Waals surface area contributed by atoms with Crippen molar-refractivity contribution >= 4 is 32.3 Å². The summed E-state index contributed by atoms with van der Waals surface area (Å²) in [7, 11) is -1.50.